The van der Waals surface area contributed by atoms with Crippen LogP contribution in [0.1, 0.15) is 12.0 Å². The fourth-order valence-electron chi connectivity index (χ4n) is 1.53. The maximum atomic E-state index is 11.8. The van der Waals surface area contributed by atoms with Crippen molar-refractivity contribution in [3.05, 3.63) is 28.8 Å². The van der Waals surface area contributed by atoms with E-state index in [1.54, 1.807) is 31.2 Å². The average Bonchev–Trinajstić information content (AvgIpc) is 2.40. The summed E-state index contributed by atoms with van der Waals surface area (Å²) in [5, 5.41) is 0.690. The number of carbonyl (C=O) groups excluding carboxylic acids is 1. The summed E-state index contributed by atoms with van der Waals surface area (Å²) < 4.78 is 10.4. The molecule has 0 aliphatic heterocycles. The van der Waals surface area contributed by atoms with Crippen LogP contribution in [0.4, 0.5) is 0 Å². The minimum atomic E-state index is -0.0521. The molecule has 0 fully saturated rings. The van der Waals surface area contributed by atoms with Gasteiger partial charge in [0.05, 0.1) is 0 Å². The van der Waals surface area contributed by atoms with Gasteiger partial charge in [0.25, 0.3) is 5.91 Å². The number of halogens is 1. The molecule has 0 saturated heterocycles. The minimum absolute atomic E-state index is 0.0323. The molecule has 5 heteroatoms. The van der Waals surface area contributed by atoms with Gasteiger partial charge in [-0.3, -0.25) is 4.79 Å². The molecular weight excluding hydrogens is 266 g/mol. The second-order valence-corrected chi connectivity index (χ2v) is 4.77. The monoisotopic (exact) mass is 285 g/mol. The van der Waals surface area contributed by atoms with Gasteiger partial charge in [-0.2, -0.15) is 0 Å². The number of nitrogens with zero attached hydrogens (tertiary/aromatic N) is 1. The first kappa shape index (κ1) is 15.8. The zero-order chi connectivity index (χ0) is 14.3. The Balaban J connectivity index is 2.38. The zero-order valence-electron chi connectivity index (χ0n) is 11.6. The van der Waals surface area contributed by atoms with E-state index in [4.69, 9.17) is 21.1 Å². The number of benzene rings is 1. The van der Waals surface area contributed by atoms with Crippen molar-refractivity contribution in [2.75, 3.05) is 33.9 Å². The van der Waals surface area contributed by atoms with E-state index >= 15 is 0 Å². The van der Waals surface area contributed by atoms with Crippen LogP contribution in [0, 0.1) is 6.92 Å². The average molecular weight is 286 g/mol. The summed E-state index contributed by atoms with van der Waals surface area (Å²) in [6, 6.07) is 5.34. The van der Waals surface area contributed by atoms with Gasteiger partial charge in [0, 0.05) is 32.3 Å². The number of methoxy groups -OCH3 is 1. The molecule has 0 unspecified atom stereocenters. The highest BCUT2D eigenvalue weighted by molar-refractivity contribution is 6.31. The van der Waals surface area contributed by atoms with Gasteiger partial charge in [0.15, 0.2) is 6.61 Å². The van der Waals surface area contributed by atoms with E-state index in [-0.39, 0.29) is 12.5 Å². The molecule has 19 heavy (non-hydrogen) atoms. The summed E-state index contributed by atoms with van der Waals surface area (Å²) in [6.45, 7) is 3.24. The molecular formula is C14H20ClNO3. The van der Waals surface area contributed by atoms with Crippen LogP contribution < -0.4 is 4.74 Å². The van der Waals surface area contributed by atoms with Crippen LogP contribution in [0.5, 0.6) is 5.75 Å². The first-order valence-corrected chi connectivity index (χ1v) is 6.54. The van der Waals surface area contributed by atoms with Crippen molar-refractivity contribution >= 4 is 17.5 Å². The van der Waals surface area contributed by atoms with Gasteiger partial charge in [-0.25, -0.2) is 0 Å². The topological polar surface area (TPSA) is 38.8 Å². The fraction of sp³-hybridized carbons (Fsp3) is 0.500. The Morgan fingerprint density at radius 2 is 2.16 bits per heavy atom. The normalized spacial score (nSPS) is 10.3. The third-order valence-electron chi connectivity index (χ3n) is 2.76. The van der Waals surface area contributed by atoms with E-state index < -0.39 is 0 Å². The van der Waals surface area contributed by atoms with Gasteiger partial charge >= 0.3 is 0 Å². The largest absolute Gasteiger partial charge is 0.484 e. The molecule has 0 aliphatic carbocycles. The van der Waals surface area contributed by atoms with Crippen molar-refractivity contribution < 1.29 is 14.3 Å². The van der Waals surface area contributed by atoms with Crippen molar-refractivity contribution in [2.24, 2.45) is 0 Å². The summed E-state index contributed by atoms with van der Waals surface area (Å²) >= 11 is 5.92. The van der Waals surface area contributed by atoms with Gasteiger partial charge in [0.1, 0.15) is 5.75 Å². The lowest BCUT2D eigenvalue weighted by Gasteiger charge is -2.17. The highest BCUT2D eigenvalue weighted by atomic mass is 35.5. The third kappa shape index (κ3) is 5.49. The standard InChI is InChI=1S/C14H20ClNO3/c1-11-9-12(5-6-13(11)15)19-10-14(17)16(2)7-4-8-18-3/h5-6,9H,4,7-8,10H2,1-3H3. The fourth-order valence-corrected chi connectivity index (χ4v) is 1.65. The Hall–Kier alpha value is -1.26. The van der Waals surface area contributed by atoms with Crippen LogP contribution in [0.25, 0.3) is 0 Å². The van der Waals surface area contributed by atoms with E-state index in [2.05, 4.69) is 0 Å². The van der Waals surface area contributed by atoms with E-state index in [0.717, 1.165) is 12.0 Å². The van der Waals surface area contributed by atoms with E-state index in [9.17, 15) is 4.79 Å². The molecule has 0 bridgehead atoms. The number of likely N-dealkylation sites (N-methyl/N-ethyl adjacent to an activating group) is 1. The molecule has 1 aromatic rings. The Morgan fingerprint density at radius 3 is 2.79 bits per heavy atom. The Labute approximate surface area is 119 Å². The van der Waals surface area contributed by atoms with E-state index in [1.807, 2.05) is 13.0 Å². The maximum Gasteiger partial charge on any atom is 0.260 e. The van der Waals surface area contributed by atoms with Crippen molar-refractivity contribution in [3.8, 4) is 5.75 Å². The van der Waals surface area contributed by atoms with Crippen LogP contribution in [0.3, 0.4) is 0 Å². The number of carbonyl (C=O) groups is 1. The van der Waals surface area contributed by atoms with Gasteiger partial charge in [-0.15, -0.1) is 0 Å². The molecule has 0 radical (unpaired) electrons. The first-order chi connectivity index (χ1) is 9.04. The van der Waals surface area contributed by atoms with Gasteiger partial charge < -0.3 is 14.4 Å². The lowest BCUT2D eigenvalue weighted by Crippen LogP contribution is -2.32. The van der Waals surface area contributed by atoms with Gasteiger partial charge in [-0.1, -0.05) is 11.6 Å². The molecule has 0 atom stereocenters. The summed E-state index contributed by atoms with van der Waals surface area (Å²) in [5.74, 6) is 0.601. The number of hydrogen-bond donors (Lipinski definition) is 0. The number of hydrogen-bond acceptors (Lipinski definition) is 3. The summed E-state index contributed by atoms with van der Waals surface area (Å²) in [7, 11) is 3.41. The molecule has 0 spiro atoms. The van der Waals surface area contributed by atoms with Crippen LogP contribution in [0.15, 0.2) is 18.2 Å². The number of aryl methyl sites for hydroxylation is 1. The number of rotatable bonds is 7. The van der Waals surface area contributed by atoms with Crippen molar-refractivity contribution in [1.82, 2.24) is 4.90 Å². The van der Waals surface area contributed by atoms with Crippen LogP contribution >= 0.6 is 11.6 Å². The molecule has 0 saturated carbocycles. The SMILES string of the molecule is COCCCN(C)C(=O)COc1ccc(Cl)c(C)c1. The highest BCUT2D eigenvalue weighted by Crippen LogP contribution is 2.20. The number of ether oxygens (including phenoxy) is 2. The second kappa shape index (κ2) is 8.02. The molecule has 1 rings (SSSR count). The molecule has 0 aliphatic rings. The van der Waals surface area contributed by atoms with Gasteiger partial charge in [-0.05, 0) is 37.1 Å². The number of amides is 1. The van der Waals surface area contributed by atoms with Crippen molar-refractivity contribution in [2.45, 2.75) is 13.3 Å². The minimum Gasteiger partial charge on any atom is -0.484 e. The highest BCUT2D eigenvalue weighted by Gasteiger charge is 2.09. The third-order valence-corrected chi connectivity index (χ3v) is 3.18. The quantitative estimate of drug-likeness (QED) is 0.723. The predicted molar refractivity (Wildman–Crippen MR) is 75.8 cm³/mol. The molecule has 106 valence electrons. The molecule has 1 amide bonds. The Kier molecular flexibility index (Phi) is 6.67. The molecule has 4 nitrogen and oxygen atoms in total. The van der Waals surface area contributed by atoms with Crippen molar-refractivity contribution in [1.29, 1.82) is 0 Å². The van der Waals surface area contributed by atoms with Gasteiger partial charge in [0.2, 0.25) is 0 Å². The molecule has 0 aromatic heterocycles. The maximum absolute atomic E-state index is 11.8. The first-order valence-electron chi connectivity index (χ1n) is 6.16. The molecule has 0 heterocycles. The van der Waals surface area contributed by atoms with Crippen molar-refractivity contribution in [3.63, 3.8) is 0 Å². The lowest BCUT2D eigenvalue weighted by atomic mass is 10.2. The Morgan fingerprint density at radius 1 is 1.42 bits per heavy atom. The van der Waals surface area contributed by atoms with E-state index in [1.165, 1.54) is 0 Å². The smallest absolute Gasteiger partial charge is 0.260 e. The molecule has 0 N–H and O–H groups in total. The molecule has 1 aromatic carbocycles. The summed E-state index contributed by atoms with van der Waals surface area (Å²) in [6.07, 6.45) is 0.818. The predicted octanol–water partition coefficient (Wildman–Crippen LogP) is 2.52. The van der Waals surface area contributed by atoms with Crippen LogP contribution in [-0.4, -0.2) is 44.7 Å². The second-order valence-electron chi connectivity index (χ2n) is 4.36. The lowest BCUT2D eigenvalue weighted by molar-refractivity contribution is -0.132. The van der Waals surface area contributed by atoms with Crippen LogP contribution in [-0.2, 0) is 9.53 Å². The van der Waals surface area contributed by atoms with Crippen LogP contribution in [0.2, 0.25) is 5.02 Å². The summed E-state index contributed by atoms with van der Waals surface area (Å²) in [4.78, 5) is 13.4. The summed E-state index contributed by atoms with van der Waals surface area (Å²) in [5.41, 5.74) is 0.931. The zero-order valence-corrected chi connectivity index (χ0v) is 12.4. The Bertz CT molecular complexity index is 423. The van der Waals surface area contributed by atoms with E-state index in [0.29, 0.717) is 23.9 Å².